The van der Waals surface area contributed by atoms with Gasteiger partial charge in [-0.15, -0.1) is 12.4 Å². The second kappa shape index (κ2) is 7.87. The van der Waals surface area contributed by atoms with E-state index in [2.05, 4.69) is 5.32 Å². The number of carboxylic acid groups (broad SMARTS) is 1. The molecule has 0 heterocycles. The summed E-state index contributed by atoms with van der Waals surface area (Å²) < 4.78 is 0. The normalized spacial score (nSPS) is 11.7. The Labute approximate surface area is 125 Å². The summed E-state index contributed by atoms with van der Waals surface area (Å²) in [7, 11) is 1.61. The highest BCUT2D eigenvalue weighted by molar-refractivity contribution is 5.92. The predicted octanol–water partition coefficient (Wildman–Crippen LogP) is 2.07. The summed E-state index contributed by atoms with van der Waals surface area (Å²) in [5.41, 5.74) is 2.88. The molecule has 0 aliphatic carbocycles. The topological polar surface area (TPSA) is 69.6 Å². The molecule has 0 saturated heterocycles. The molecule has 0 radical (unpaired) electrons. The van der Waals surface area contributed by atoms with Crippen LogP contribution in [0.25, 0.3) is 0 Å². The van der Waals surface area contributed by atoms with Crippen molar-refractivity contribution in [1.82, 2.24) is 4.90 Å². The van der Waals surface area contributed by atoms with E-state index in [1.54, 1.807) is 14.0 Å². The Morgan fingerprint density at radius 2 is 1.75 bits per heavy atom. The molecule has 1 atom stereocenters. The molecule has 2 N–H and O–H groups in total. The summed E-state index contributed by atoms with van der Waals surface area (Å²) in [6.07, 6.45) is 0. The van der Waals surface area contributed by atoms with Gasteiger partial charge in [-0.2, -0.15) is 0 Å². The molecule has 1 aromatic rings. The van der Waals surface area contributed by atoms with Crippen molar-refractivity contribution in [3.63, 3.8) is 0 Å². The Bertz CT molecular complexity index is 471. The van der Waals surface area contributed by atoms with Crippen LogP contribution in [0.3, 0.4) is 0 Å². The minimum absolute atomic E-state index is 0. The van der Waals surface area contributed by atoms with Crippen molar-refractivity contribution in [3.8, 4) is 0 Å². The third-order valence-corrected chi connectivity index (χ3v) is 2.92. The predicted molar refractivity (Wildman–Crippen MR) is 81.5 cm³/mol. The maximum atomic E-state index is 11.8. The molecule has 1 rings (SSSR count). The number of likely N-dealkylation sites (N-methyl/N-ethyl adjacent to an activating group) is 1. The number of carboxylic acids is 1. The van der Waals surface area contributed by atoms with Gasteiger partial charge in [0.05, 0.1) is 6.54 Å². The maximum Gasteiger partial charge on any atom is 0.320 e. The fourth-order valence-electron chi connectivity index (χ4n) is 1.80. The maximum absolute atomic E-state index is 11.8. The summed E-state index contributed by atoms with van der Waals surface area (Å²) in [5.74, 6) is -1.16. The SMILES string of the molecule is Cc1cc(C)cc(NC(=O)CN(C)C(C)C(=O)O)c1.Cl. The number of rotatable bonds is 5. The number of hydrogen-bond acceptors (Lipinski definition) is 3. The Morgan fingerprint density at radius 1 is 1.25 bits per heavy atom. The first kappa shape index (κ1) is 18.4. The summed E-state index contributed by atoms with van der Waals surface area (Å²) in [6, 6.07) is 5.09. The molecule has 0 saturated carbocycles. The van der Waals surface area contributed by atoms with Gasteiger partial charge < -0.3 is 10.4 Å². The molecule has 1 aromatic carbocycles. The Kier molecular flexibility index (Phi) is 7.24. The van der Waals surface area contributed by atoms with Crippen molar-refractivity contribution in [2.45, 2.75) is 26.8 Å². The lowest BCUT2D eigenvalue weighted by Gasteiger charge is -2.20. The van der Waals surface area contributed by atoms with Crippen molar-refractivity contribution in [3.05, 3.63) is 29.3 Å². The van der Waals surface area contributed by atoms with Crippen molar-refractivity contribution in [2.24, 2.45) is 0 Å². The van der Waals surface area contributed by atoms with Gasteiger partial charge in [-0.05, 0) is 51.1 Å². The van der Waals surface area contributed by atoms with Crippen molar-refractivity contribution in [2.75, 3.05) is 18.9 Å². The van der Waals surface area contributed by atoms with Crippen LogP contribution in [-0.4, -0.2) is 41.5 Å². The van der Waals surface area contributed by atoms with E-state index in [1.807, 2.05) is 32.0 Å². The van der Waals surface area contributed by atoms with Gasteiger partial charge in [0.2, 0.25) is 5.91 Å². The minimum Gasteiger partial charge on any atom is -0.480 e. The summed E-state index contributed by atoms with van der Waals surface area (Å²) in [4.78, 5) is 24.1. The first-order valence-corrected chi connectivity index (χ1v) is 6.11. The summed E-state index contributed by atoms with van der Waals surface area (Å²) in [5, 5.41) is 11.6. The number of carbonyl (C=O) groups excluding carboxylic acids is 1. The Balaban J connectivity index is 0.00000361. The van der Waals surface area contributed by atoms with Crippen molar-refractivity contribution in [1.29, 1.82) is 0 Å². The van der Waals surface area contributed by atoms with E-state index in [0.717, 1.165) is 16.8 Å². The van der Waals surface area contributed by atoms with Crippen LogP contribution < -0.4 is 5.32 Å². The van der Waals surface area contributed by atoms with Gasteiger partial charge in [-0.1, -0.05) is 6.07 Å². The van der Waals surface area contributed by atoms with Crippen LogP contribution in [-0.2, 0) is 9.59 Å². The minimum atomic E-state index is -0.943. The van der Waals surface area contributed by atoms with E-state index in [1.165, 1.54) is 4.90 Å². The lowest BCUT2D eigenvalue weighted by molar-refractivity contribution is -0.142. The van der Waals surface area contributed by atoms with Crippen LogP contribution in [0.5, 0.6) is 0 Å². The van der Waals surface area contributed by atoms with Crippen molar-refractivity contribution >= 4 is 30.0 Å². The molecule has 1 unspecified atom stereocenters. The molecule has 0 fully saturated rings. The van der Waals surface area contributed by atoms with Crippen LogP contribution in [0.2, 0.25) is 0 Å². The number of nitrogens with zero attached hydrogens (tertiary/aromatic N) is 1. The third-order valence-electron chi connectivity index (χ3n) is 2.92. The van der Waals surface area contributed by atoms with E-state index in [0.29, 0.717) is 0 Å². The average Bonchev–Trinajstić information content (AvgIpc) is 2.25. The van der Waals surface area contributed by atoms with E-state index >= 15 is 0 Å². The van der Waals surface area contributed by atoms with Gasteiger partial charge in [0.15, 0.2) is 0 Å². The molecule has 20 heavy (non-hydrogen) atoms. The zero-order valence-corrected chi connectivity index (χ0v) is 13.0. The second-order valence-electron chi connectivity index (χ2n) is 4.85. The van der Waals surface area contributed by atoms with E-state index in [-0.39, 0.29) is 24.9 Å². The number of nitrogens with one attached hydrogen (secondary N) is 1. The average molecular weight is 301 g/mol. The fourth-order valence-corrected chi connectivity index (χ4v) is 1.80. The standard InChI is InChI=1S/C14H20N2O3.ClH/c1-9-5-10(2)7-12(6-9)15-13(17)8-16(4)11(3)14(18)19;/h5-7,11H,8H2,1-4H3,(H,15,17)(H,18,19);1H. The van der Waals surface area contributed by atoms with E-state index < -0.39 is 12.0 Å². The van der Waals surface area contributed by atoms with Crippen LogP contribution in [0.4, 0.5) is 5.69 Å². The van der Waals surface area contributed by atoms with Crippen LogP contribution in [0, 0.1) is 13.8 Å². The second-order valence-corrected chi connectivity index (χ2v) is 4.85. The van der Waals surface area contributed by atoms with E-state index in [4.69, 9.17) is 5.11 Å². The highest BCUT2D eigenvalue weighted by atomic mass is 35.5. The molecule has 5 nitrogen and oxygen atoms in total. The van der Waals surface area contributed by atoms with Crippen molar-refractivity contribution < 1.29 is 14.7 Å². The first-order chi connectivity index (χ1) is 8.79. The zero-order valence-electron chi connectivity index (χ0n) is 12.1. The molecule has 112 valence electrons. The number of amides is 1. The number of halogens is 1. The quantitative estimate of drug-likeness (QED) is 0.873. The lowest BCUT2D eigenvalue weighted by atomic mass is 10.1. The van der Waals surface area contributed by atoms with Gasteiger partial charge in [-0.3, -0.25) is 14.5 Å². The number of hydrogen-bond donors (Lipinski definition) is 2. The molecular formula is C14H21ClN2O3. The lowest BCUT2D eigenvalue weighted by Crippen LogP contribution is -2.40. The highest BCUT2D eigenvalue weighted by Gasteiger charge is 2.19. The number of carbonyl (C=O) groups is 2. The van der Waals surface area contributed by atoms with Crippen LogP contribution in [0.1, 0.15) is 18.1 Å². The summed E-state index contributed by atoms with van der Waals surface area (Å²) in [6.45, 7) is 5.51. The molecule has 0 aliphatic rings. The van der Waals surface area contributed by atoms with E-state index in [9.17, 15) is 9.59 Å². The molecule has 0 bridgehead atoms. The number of aliphatic carboxylic acids is 1. The largest absolute Gasteiger partial charge is 0.480 e. The van der Waals surface area contributed by atoms with Gasteiger partial charge in [0.1, 0.15) is 6.04 Å². The monoisotopic (exact) mass is 300 g/mol. The molecule has 0 aliphatic heterocycles. The van der Waals surface area contributed by atoms with Gasteiger partial charge in [0.25, 0.3) is 0 Å². The van der Waals surface area contributed by atoms with Gasteiger partial charge in [0, 0.05) is 5.69 Å². The number of anilines is 1. The first-order valence-electron chi connectivity index (χ1n) is 6.11. The molecule has 0 aromatic heterocycles. The molecule has 1 amide bonds. The fraction of sp³-hybridized carbons (Fsp3) is 0.429. The van der Waals surface area contributed by atoms with Crippen LogP contribution in [0.15, 0.2) is 18.2 Å². The Morgan fingerprint density at radius 3 is 2.20 bits per heavy atom. The van der Waals surface area contributed by atoms with Crippen LogP contribution >= 0.6 is 12.4 Å². The number of benzene rings is 1. The summed E-state index contributed by atoms with van der Waals surface area (Å²) >= 11 is 0. The number of aryl methyl sites for hydroxylation is 2. The Hall–Kier alpha value is -1.59. The van der Waals surface area contributed by atoms with Gasteiger partial charge in [-0.25, -0.2) is 0 Å². The molecule has 6 heteroatoms. The molecular weight excluding hydrogens is 280 g/mol. The highest BCUT2D eigenvalue weighted by Crippen LogP contribution is 2.13. The van der Waals surface area contributed by atoms with Gasteiger partial charge >= 0.3 is 5.97 Å². The molecule has 0 spiro atoms. The third kappa shape index (κ3) is 5.59. The smallest absolute Gasteiger partial charge is 0.320 e. The zero-order chi connectivity index (χ0) is 14.6.